The van der Waals surface area contributed by atoms with Gasteiger partial charge in [0.2, 0.25) is 0 Å². The molecule has 1 unspecified atom stereocenters. The molecule has 0 spiro atoms. The van der Waals surface area contributed by atoms with Crippen molar-refractivity contribution in [2.75, 3.05) is 6.61 Å². The highest BCUT2D eigenvalue weighted by Crippen LogP contribution is 2.37. The van der Waals surface area contributed by atoms with E-state index in [0.717, 1.165) is 25.9 Å². The van der Waals surface area contributed by atoms with Crippen LogP contribution in [0.25, 0.3) is 0 Å². The molecule has 0 aromatic heterocycles. The fraction of sp³-hybridized carbons (Fsp3) is 0.429. The number of ether oxygens (including phenoxy) is 1. The summed E-state index contributed by atoms with van der Waals surface area (Å²) >= 11 is 0. The molecule has 0 amide bonds. The molecule has 1 aliphatic carbocycles. The first-order valence-electron chi connectivity index (χ1n) is 5.72. The SMILES string of the molecule is CCOC1(c2ccccc2)CC=CCC1. The van der Waals surface area contributed by atoms with Crippen molar-refractivity contribution in [3.63, 3.8) is 0 Å². The Bertz CT molecular complexity index is 328. The molecule has 80 valence electrons. The van der Waals surface area contributed by atoms with Gasteiger partial charge in [-0.3, -0.25) is 0 Å². The normalized spacial score (nSPS) is 25.4. The Morgan fingerprint density at radius 3 is 2.60 bits per heavy atom. The van der Waals surface area contributed by atoms with Crippen LogP contribution in [0, 0.1) is 0 Å². The molecule has 0 saturated heterocycles. The molecular formula is C14H18O. The number of allylic oxidation sites excluding steroid dienone is 1. The van der Waals surface area contributed by atoms with Gasteiger partial charge in [-0.15, -0.1) is 0 Å². The van der Waals surface area contributed by atoms with E-state index in [2.05, 4.69) is 49.4 Å². The average molecular weight is 202 g/mol. The van der Waals surface area contributed by atoms with Crippen LogP contribution in [0.5, 0.6) is 0 Å². The van der Waals surface area contributed by atoms with E-state index >= 15 is 0 Å². The maximum Gasteiger partial charge on any atom is 0.0968 e. The van der Waals surface area contributed by atoms with E-state index in [1.807, 2.05) is 0 Å². The molecule has 0 N–H and O–H groups in total. The lowest BCUT2D eigenvalue weighted by molar-refractivity contribution is -0.0509. The van der Waals surface area contributed by atoms with Gasteiger partial charge in [-0.2, -0.15) is 0 Å². The first kappa shape index (κ1) is 10.4. The molecule has 15 heavy (non-hydrogen) atoms. The summed E-state index contributed by atoms with van der Waals surface area (Å²) in [4.78, 5) is 0. The fourth-order valence-corrected chi connectivity index (χ4v) is 2.30. The third-order valence-corrected chi connectivity index (χ3v) is 3.05. The maximum absolute atomic E-state index is 6.01. The second-order valence-corrected chi connectivity index (χ2v) is 4.01. The van der Waals surface area contributed by atoms with Crippen LogP contribution in [0.4, 0.5) is 0 Å². The van der Waals surface area contributed by atoms with Crippen LogP contribution in [-0.4, -0.2) is 6.61 Å². The van der Waals surface area contributed by atoms with Crippen LogP contribution in [0.2, 0.25) is 0 Å². The fourth-order valence-electron chi connectivity index (χ4n) is 2.30. The van der Waals surface area contributed by atoms with E-state index in [0.29, 0.717) is 0 Å². The molecule has 0 saturated carbocycles. The van der Waals surface area contributed by atoms with Gasteiger partial charge in [-0.05, 0) is 31.7 Å². The zero-order chi connectivity index (χ0) is 10.6. The lowest BCUT2D eigenvalue weighted by atomic mass is 9.83. The van der Waals surface area contributed by atoms with Gasteiger partial charge in [0.1, 0.15) is 0 Å². The van der Waals surface area contributed by atoms with Crippen molar-refractivity contribution in [1.82, 2.24) is 0 Å². The predicted molar refractivity (Wildman–Crippen MR) is 62.7 cm³/mol. The Balaban J connectivity index is 2.30. The van der Waals surface area contributed by atoms with E-state index in [-0.39, 0.29) is 5.60 Å². The summed E-state index contributed by atoms with van der Waals surface area (Å²) in [5.74, 6) is 0. The lowest BCUT2D eigenvalue weighted by Gasteiger charge is -2.35. The van der Waals surface area contributed by atoms with Gasteiger partial charge in [0.25, 0.3) is 0 Å². The van der Waals surface area contributed by atoms with Gasteiger partial charge in [0.15, 0.2) is 0 Å². The van der Waals surface area contributed by atoms with Crippen molar-refractivity contribution in [1.29, 1.82) is 0 Å². The minimum absolute atomic E-state index is 0.0647. The Labute approximate surface area is 91.8 Å². The van der Waals surface area contributed by atoms with Crippen molar-refractivity contribution in [3.05, 3.63) is 48.0 Å². The van der Waals surface area contributed by atoms with Crippen LogP contribution in [0.3, 0.4) is 0 Å². The topological polar surface area (TPSA) is 9.23 Å². The van der Waals surface area contributed by atoms with Crippen molar-refractivity contribution in [3.8, 4) is 0 Å². The lowest BCUT2D eigenvalue weighted by Crippen LogP contribution is -2.30. The quantitative estimate of drug-likeness (QED) is 0.680. The molecule has 2 rings (SSSR count). The smallest absolute Gasteiger partial charge is 0.0968 e. The number of rotatable bonds is 3. The van der Waals surface area contributed by atoms with Gasteiger partial charge in [0.05, 0.1) is 5.60 Å². The zero-order valence-corrected chi connectivity index (χ0v) is 9.28. The van der Waals surface area contributed by atoms with Gasteiger partial charge in [0, 0.05) is 6.61 Å². The predicted octanol–water partition coefficient (Wildman–Crippen LogP) is 3.66. The molecule has 1 nitrogen and oxygen atoms in total. The molecule has 0 fully saturated rings. The summed E-state index contributed by atoms with van der Waals surface area (Å²) in [5.41, 5.74) is 1.25. The number of hydrogen-bond acceptors (Lipinski definition) is 1. The molecule has 0 radical (unpaired) electrons. The van der Waals surface area contributed by atoms with E-state index in [9.17, 15) is 0 Å². The molecule has 1 aromatic rings. The van der Waals surface area contributed by atoms with Crippen LogP contribution in [0.1, 0.15) is 31.7 Å². The van der Waals surface area contributed by atoms with Crippen molar-refractivity contribution in [2.24, 2.45) is 0 Å². The third-order valence-electron chi connectivity index (χ3n) is 3.05. The highest BCUT2D eigenvalue weighted by atomic mass is 16.5. The number of benzene rings is 1. The van der Waals surface area contributed by atoms with Crippen LogP contribution < -0.4 is 0 Å². The van der Waals surface area contributed by atoms with Crippen molar-refractivity contribution < 1.29 is 4.74 Å². The van der Waals surface area contributed by atoms with Crippen molar-refractivity contribution >= 4 is 0 Å². The standard InChI is InChI=1S/C14H18O/c1-2-15-14(11-7-4-8-12-14)13-9-5-3-6-10-13/h3-7,9-10H,2,8,11-12H2,1H3. The average Bonchev–Trinajstić information content (AvgIpc) is 2.32. The summed E-state index contributed by atoms with van der Waals surface area (Å²) < 4.78 is 6.01. The summed E-state index contributed by atoms with van der Waals surface area (Å²) in [6.07, 6.45) is 7.72. The Morgan fingerprint density at radius 2 is 2.00 bits per heavy atom. The monoisotopic (exact) mass is 202 g/mol. The summed E-state index contributed by atoms with van der Waals surface area (Å²) in [5, 5.41) is 0. The third kappa shape index (κ3) is 2.13. The van der Waals surface area contributed by atoms with E-state index in [4.69, 9.17) is 4.74 Å². The second-order valence-electron chi connectivity index (χ2n) is 4.01. The Hall–Kier alpha value is -1.08. The van der Waals surface area contributed by atoms with Crippen LogP contribution in [-0.2, 0) is 10.3 Å². The number of hydrogen-bond donors (Lipinski definition) is 0. The molecule has 1 atom stereocenters. The van der Waals surface area contributed by atoms with Gasteiger partial charge in [-0.1, -0.05) is 42.5 Å². The molecular weight excluding hydrogens is 184 g/mol. The molecule has 0 aliphatic heterocycles. The summed E-state index contributed by atoms with van der Waals surface area (Å²) in [7, 11) is 0. The first-order valence-corrected chi connectivity index (χ1v) is 5.72. The first-order chi connectivity index (χ1) is 7.37. The van der Waals surface area contributed by atoms with Crippen LogP contribution >= 0.6 is 0 Å². The summed E-state index contributed by atoms with van der Waals surface area (Å²) in [6, 6.07) is 10.6. The van der Waals surface area contributed by atoms with Gasteiger partial charge < -0.3 is 4.74 Å². The van der Waals surface area contributed by atoms with Crippen molar-refractivity contribution in [2.45, 2.75) is 31.8 Å². The highest BCUT2D eigenvalue weighted by Gasteiger charge is 2.32. The Kier molecular flexibility index (Phi) is 3.22. The zero-order valence-electron chi connectivity index (χ0n) is 9.28. The summed E-state index contributed by atoms with van der Waals surface area (Å²) in [6.45, 7) is 2.85. The minimum atomic E-state index is -0.0647. The largest absolute Gasteiger partial charge is 0.370 e. The minimum Gasteiger partial charge on any atom is -0.370 e. The van der Waals surface area contributed by atoms with Gasteiger partial charge >= 0.3 is 0 Å². The molecule has 0 bridgehead atoms. The molecule has 1 aromatic carbocycles. The van der Waals surface area contributed by atoms with E-state index in [1.54, 1.807) is 0 Å². The van der Waals surface area contributed by atoms with E-state index < -0.39 is 0 Å². The van der Waals surface area contributed by atoms with Gasteiger partial charge in [-0.25, -0.2) is 0 Å². The van der Waals surface area contributed by atoms with E-state index in [1.165, 1.54) is 5.56 Å². The highest BCUT2D eigenvalue weighted by molar-refractivity contribution is 5.25. The maximum atomic E-state index is 6.01. The van der Waals surface area contributed by atoms with Crippen LogP contribution in [0.15, 0.2) is 42.5 Å². The molecule has 0 heterocycles. The second kappa shape index (κ2) is 4.63. The Morgan fingerprint density at radius 1 is 1.20 bits per heavy atom. The molecule has 1 aliphatic rings. The molecule has 1 heteroatoms.